The third-order valence-corrected chi connectivity index (χ3v) is 13.5. The first kappa shape index (κ1) is 25.6. The van der Waals surface area contributed by atoms with Crippen LogP contribution in [0.5, 0.6) is 0 Å². The average molecular weight is 489 g/mol. The summed E-state index contributed by atoms with van der Waals surface area (Å²) in [7, 11) is -5.65. The molecule has 0 radical (unpaired) electrons. The molecule has 182 valence electrons. The number of aromatic amines is 1. The minimum atomic E-state index is -3.49. The predicted octanol–water partition coefficient (Wildman–Crippen LogP) is 3.89. The predicted molar refractivity (Wildman–Crippen MR) is 125 cm³/mol. The zero-order chi connectivity index (χ0) is 24.1. The minimum absolute atomic E-state index is 0.00711. The maximum absolute atomic E-state index is 13.5. The highest BCUT2D eigenvalue weighted by atomic mass is 31.2. The Morgan fingerprint density at radius 3 is 2.31 bits per heavy atom. The van der Waals surface area contributed by atoms with Gasteiger partial charge >= 0.3 is 13.3 Å². The fourth-order valence-corrected chi connectivity index (χ4v) is 7.65. The Labute approximate surface area is 190 Å². The van der Waals surface area contributed by atoms with Gasteiger partial charge in [-0.1, -0.05) is 20.8 Å². The lowest BCUT2D eigenvalue weighted by Crippen LogP contribution is -2.48. The Bertz CT molecular complexity index is 1000. The Balaban J connectivity index is 2.11. The molecular formula is C21H37N2O7PSi. The van der Waals surface area contributed by atoms with Crippen LogP contribution in [0.25, 0.3) is 0 Å². The van der Waals surface area contributed by atoms with E-state index in [1.54, 1.807) is 20.8 Å². The third-order valence-electron chi connectivity index (χ3n) is 6.90. The van der Waals surface area contributed by atoms with E-state index in [1.165, 1.54) is 4.57 Å². The fraction of sp³-hybridized carbons (Fsp3) is 0.810. The molecule has 0 amide bonds. The molecule has 3 rings (SSSR count). The normalized spacial score (nSPS) is 25.8. The molecule has 1 aromatic heterocycles. The summed E-state index contributed by atoms with van der Waals surface area (Å²) in [5.41, 5.74) is -0.0156. The van der Waals surface area contributed by atoms with Gasteiger partial charge in [0.2, 0.25) is 0 Å². The van der Waals surface area contributed by atoms with Crippen molar-refractivity contribution in [3.8, 4) is 0 Å². The van der Waals surface area contributed by atoms with Crippen LogP contribution in [0, 0.1) is 6.92 Å². The Morgan fingerprint density at radius 1 is 1.19 bits per heavy atom. The molecule has 1 N–H and O–H groups in total. The molecule has 2 aliphatic heterocycles. The van der Waals surface area contributed by atoms with Crippen molar-refractivity contribution >= 4 is 15.9 Å². The van der Waals surface area contributed by atoms with E-state index in [1.807, 2.05) is 0 Å². The van der Waals surface area contributed by atoms with Crippen LogP contribution in [0.4, 0.5) is 0 Å². The summed E-state index contributed by atoms with van der Waals surface area (Å²) in [5, 5.41) is -0.0132. The highest BCUT2D eigenvalue weighted by Gasteiger charge is 2.53. The van der Waals surface area contributed by atoms with E-state index in [0.717, 1.165) is 0 Å². The molecule has 2 bridgehead atoms. The molecule has 0 saturated carbocycles. The molecule has 4 atom stereocenters. The van der Waals surface area contributed by atoms with Gasteiger partial charge in [-0.05, 0) is 38.9 Å². The van der Waals surface area contributed by atoms with Crippen molar-refractivity contribution in [3.05, 3.63) is 32.1 Å². The monoisotopic (exact) mass is 488 g/mol. The van der Waals surface area contributed by atoms with Crippen molar-refractivity contribution < 1.29 is 22.8 Å². The second-order valence-corrected chi connectivity index (χ2v) is 16.9. The largest absolute Gasteiger partial charge is 0.411 e. The van der Waals surface area contributed by atoms with Crippen molar-refractivity contribution in [2.45, 2.75) is 90.4 Å². The first-order valence-corrected chi connectivity index (χ1v) is 15.9. The number of aromatic nitrogens is 2. The maximum Gasteiger partial charge on any atom is 0.331 e. The van der Waals surface area contributed by atoms with Gasteiger partial charge in [0.25, 0.3) is 5.56 Å². The summed E-state index contributed by atoms with van der Waals surface area (Å²) in [5.74, 6) is -0.539. The molecule has 11 heteroatoms. The van der Waals surface area contributed by atoms with Crippen molar-refractivity contribution in [3.63, 3.8) is 0 Å². The molecule has 32 heavy (non-hydrogen) atoms. The van der Waals surface area contributed by atoms with Crippen LogP contribution in [0.2, 0.25) is 18.1 Å². The number of nitrogens with zero attached hydrogens (tertiary/aromatic N) is 1. The number of ether oxygens (including phenoxy) is 1. The van der Waals surface area contributed by atoms with Gasteiger partial charge < -0.3 is 18.2 Å². The molecule has 1 fully saturated rings. The molecular weight excluding hydrogens is 451 g/mol. The Kier molecular flexibility index (Phi) is 7.17. The van der Waals surface area contributed by atoms with E-state index >= 15 is 0 Å². The van der Waals surface area contributed by atoms with Crippen molar-refractivity contribution in [1.82, 2.24) is 9.55 Å². The molecule has 2 aliphatic rings. The van der Waals surface area contributed by atoms with Gasteiger partial charge in [-0.2, -0.15) is 0 Å². The second kappa shape index (κ2) is 8.96. The number of fused-ring (bicyclic) bond motifs is 4. The first-order chi connectivity index (χ1) is 14.7. The highest BCUT2D eigenvalue weighted by molar-refractivity contribution is 7.53. The summed E-state index contributed by atoms with van der Waals surface area (Å²) in [4.78, 5) is 27.7. The molecule has 3 unspecified atom stereocenters. The number of rotatable bonds is 8. The van der Waals surface area contributed by atoms with Gasteiger partial charge in [-0.3, -0.25) is 18.9 Å². The average Bonchev–Trinajstić information content (AvgIpc) is 2.99. The van der Waals surface area contributed by atoms with Crippen molar-refractivity contribution in [2.24, 2.45) is 0 Å². The summed E-state index contributed by atoms with van der Waals surface area (Å²) in [6.07, 6.45) is -0.797. The van der Waals surface area contributed by atoms with E-state index in [9.17, 15) is 14.2 Å². The third kappa shape index (κ3) is 4.63. The number of nitrogens with one attached hydrogen (secondary N) is 1. The zero-order valence-electron chi connectivity index (χ0n) is 20.4. The van der Waals surface area contributed by atoms with Crippen molar-refractivity contribution in [2.75, 3.05) is 19.4 Å². The van der Waals surface area contributed by atoms with Gasteiger partial charge in [0, 0.05) is 23.6 Å². The molecule has 3 heterocycles. The standard InChI is InChI=1S/C21H37N2O7PSi/c1-9-27-31(26,28-10-2)12-14-17-13(3)19(24)22-20(25)23(17)16-11-15(18(14)29-16)30-32(7,8)21(4,5)6/h14-16,18H,9-12H2,1-8H3,(H,22,24,25)/t14?,15?,16-,18?/m1/s1. The summed E-state index contributed by atoms with van der Waals surface area (Å²) in [6, 6.07) is 0. The maximum atomic E-state index is 13.5. The smallest absolute Gasteiger partial charge is 0.331 e. The summed E-state index contributed by atoms with van der Waals surface area (Å²) >= 11 is 0. The first-order valence-electron chi connectivity index (χ1n) is 11.3. The van der Waals surface area contributed by atoms with E-state index in [-0.39, 0.29) is 30.5 Å². The van der Waals surface area contributed by atoms with Gasteiger partial charge in [0.15, 0.2) is 8.32 Å². The lowest BCUT2D eigenvalue weighted by molar-refractivity contribution is -0.0532. The van der Waals surface area contributed by atoms with Crippen LogP contribution in [0.1, 0.15) is 64.4 Å². The zero-order valence-corrected chi connectivity index (χ0v) is 22.3. The van der Waals surface area contributed by atoms with Crippen LogP contribution in [0.3, 0.4) is 0 Å². The fourth-order valence-electron chi connectivity index (χ4n) is 4.37. The van der Waals surface area contributed by atoms with Crippen LogP contribution in [-0.4, -0.2) is 49.5 Å². The van der Waals surface area contributed by atoms with Gasteiger partial charge in [-0.15, -0.1) is 0 Å². The van der Waals surface area contributed by atoms with E-state index in [2.05, 4.69) is 38.8 Å². The highest BCUT2D eigenvalue weighted by Crippen LogP contribution is 2.56. The number of hydrogen-bond donors (Lipinski definition) is 1. The quantitative estimate of drug-likeness (QED) is 0.437. The topological polar surface area (TPSA) is 109 Å². The molecule has 1 saturated heterocycles. The van der Waals surface area contributed by atoms with Gasteiger partial charge in [0.1, 0.15) is 6.23 Å². The van der Waals surface area contributed by atoms with E-state index in [4.69, 9.17) is 18.2 Å². The minimum Gasteiger partial charge on any atom is -0.411 e. The second-order valence-electron chi connectivity index (χ2n) is 10.1. The van der Waals surface area contributed by atoms with E-state index < -0.39 is 45.4 Å². The molecule has 9 nitrogen and oxygen atoms in total. The Hall–Kier alpha value is -1.03. The van der Waals surface area contributed by atoms with Crippen LogP contribution in [0.15, 0.2) is 9.59 Å². The summed E-state index contributed by atoms with van der Waals surface area (Å²) in [6.45, 7) is 16.5. The SMILES string of the molecule is CCOP(=O)(CC1c2c(C)c(=O)[nH]c(=O)n2[C@H]2CC(O[Si](C)(C)C(C)(C)C)C1O2)OCC. The van der Waals surface area contributed by atoms with Crippen LogP contribution < -0.4 is 11.2 Å². The van der Waals surface area contributed by atoms with Crippen LogP contribution in [-0.2, 0) is 22.8 Å². The lowest BCUT2D eigenvalue weighted by Gasteiger charge is -2.41. The van der Waals surface area contributed by atoms with Gasteiger partial charge in [-0.25, -0.2) is 4.79 Å². The lowest BCUT2D eigenvalue weighted by atomic mass is 9.94. The van der Waals surface area contributed by atoms with Gasteiger partial charge in [0.05, 0.1) is 31.6 Å². The number of H-pyrrole nitrogens is 1. The molecule has 0 spiro atoms. The summed E-state index contributed by atoms with van der Waals surface area (Å²) < 4.78 is 39.1. The van der Waals surface area contributed by atoms with Crippen LogP contribution >= 0.6 is 7.60 Å². The number of hydrogen-bond acceptors (Lipinski definition) is 7. The molecule has 0 aromatic carbocycles. The Morgan fingerprint density at radius 2 is 1.78 bits per heavy atom. The van der Waals surface area contributed by atoms with E-state index in [0.29, 0.717) is 17.7 Å². The molecule has 1 aromatic rings. The van der Waals surface area contributed by atoms with Crippen molar-refractivity contribution in [1.29, 1.82) is 0 Å². The molecule has 0 aliphatic carbocycles.